The number of carbonyl (C=O) groups is 2. The second-order valence-corrected chi connectivity index (χ2v) is 9.96. The van der Waals surface area contributed by atoms with E-state index in [0.717, 1.165) is 11.1 Å². The number of benzene rings is 2. The molecule has 7 heteroatoms. The van der Waals surface area contributed by atoms with Crippen molar-refractivity contribution in [3.8, 4) is 5.75 Å². The van der Waals surface area contributed by atoms with Gasteiger partial charge in [0.15, 0.2) is 0 Å². The zero-order chi connectivity index (χ0) is 25.5. The van der Waals surface area contributed by atoms with Crippen LogP contribution < -0.4 is 9.64 Å². The van der Waals surface area contributed by atoms with Crippen LogP contribution >= 0.6 is 11.6 Å². The largest absolute Gasteiger partial charge is 0.507 e. The number of methoxy groups -OCH3 is 1. The number of pyridine rings is 1. The van der Waals surface area contributed by atoms with Gasteiger partial charge >= 0.3 is 0 Å². The number of ketones is 1. The minimum Gasteiger partial charge on any atom is -0.507 e. The normalized spacial score (nSPS) is 17.7. The van der Waals surface area contributed by atoms with E-state index in [9.17, 15) is 14.7 Å². The first-order valence-electron chi connectivity index (χ1n) is 11.2. The minimum atomic E-state index is -0.948. The number of nitrogens with zero attached hydrogens (tertiary/aromatic N) is 2. The lowest BCUT2D eigenvalue weighted by Crippen LogP contribution is -2.30. The smallest absolute Gasteiger partial charge is 0.300 e. The van der Waals surface area contributed by atoms with Gasteiger partial charge in [-0.15, -0.1) is 0 Å². The minimum absolute atomic E-state index is 0.0579. The van der Waals surface area contributed by atoms with Crippen molar-refractivity contribution in [1.82, 2.24) is 4.98 Å². The summed E-state index contributed by atoms with van der Waals surface area (Å²) < 4.78 is 5.51. The Hall–Kier alpha value is -3.64. The molecule has 1 aliphatic rings. The SMILES string of the molecule is COc1ccc(C(C)(C)C)cc1/C(O)=C1\C(=O)C(=O)N(c2cc(Cl)ccc2C)C1c1ccccn1. The molecule has 6 nitrogen and oxygen atoms in total. The highest BCUT2D eigenvalue weighted by molar-refractivity contribution is 6.52. The molecular formula is C28H27ClN2O4. The van der Waals surface area contributed by atoms with E-state index < -0.39 is 17.7 Å². The van der Waals surface area contributed by atoms with Crippen molar-refractivity contribution in [3.63, 3.8) is 0 Å². The number of aryl methyl sites for hydroxylation is 1. The van der Waals surface area contributed by atoms with Gasteiger partial charge in [-0.1, -0.05) is 50.6 Å². The van der Waals surface area contributed by atoms with Crippen molar-refractivity contribution in [3.05, 3.63) is 93.8 Å². The molecule has 1 unspecified atom stereocenters. The number of aromatic nitrogens is 1. The molecule has 2 aromatic carbocycles. The van der Waals surface area contributed by atoms with Crippen molar-refractivity contribution in [2.45, 2.75) is 39.2 Å². The van der Waals surface area contributed by atoms with Crippen LogP contribution in [0.5, 0.6) is 5.75 Å². The molecule has 3 aromatic rings. The van der Waals surface area contributed by atoms with Gasteiger partial charge in [0.2, 0.25) is 0 Å². The standard InChI is InChI=1S/C28H27ClN2O4/c1-16-9-11-18(29)15-21(16)31-24(20-8-6-7-13-30-20)23(26(33)27(31)34)25(32)19-14-17(28(2,3)4)10-12-22(19)35-5/h6-15,24,32H,1-5H3/b25-23+. The second-order valence-electron chi connectivity index (χ2n) is 9.52. The van der Waals surface area contributed by atoms with Crippen molar-refractivity contribution in [1.29, 1.82) is 0 Å². The Labute approximate surface area is 209 Å². The highest BCUT2D eigenvalue weighted by Gasteiger charge is 2.48. The fourth-order valence-electron chi connectivity index (χ4n) is 4.25. The average Bonchev–Trinajstić information content (AvgIpc) is 3.10. The highest BCUT2D eigenvalue weighted by Crippen LogP contribution is 2.44. The Bertz CT molecular complexity index is 1340. The van der Waals surface area contributed by atoms with Crippen LogP contribution in [0.1, 0.15) is 49.2 Å². The molecule has 1 aliphatic heterocycles. The Morgan fingerprint density at radius 2 is 1.83 bits per heavy atom. The van der Waals surface area contributed by atoms with Gasteiger partial charge in [-0.2, -0.15) is 0 Å². The number of rotatable bonds is 4. The Balaban J connectivity index is 2.02. The van der Waals surface area contributed by atoms with Crippen LogP contribution in [-0.4, -0.2) is 28.9 Å². The molecule has 1 saturated heterocycles. The molecule has 0 saturated carbocycles. The number of amides is 1. The number of carbonyl (C=O) groups excluding carboxylic acids is 2. The maximum Gasteiger partial charge on any atom is 0.300 e. The van der Waals surface area contributed by atoms with Gasteiger partial charge < -0.3 is 9.84 Å². The monoisotopic (exact) mass is 490 g/mol. The zero-order valence-corrected chi connectivity index (χ0v) is 21.1. The van der Waals surface area contributed by atoms with Crippen molar-refractivity contribution in [2.75, 3.05) is 12.0 Å². The molecule has 0 aliphatic carbocycles. The van der Waals surface area contributed by atoms with E-state index in [1.807, 2.05) is 33.8 Å². The van der Waals surface area contributed by atoms with Crippen LogP contribution in [-0.2, 0) is 15.0 Å². The van der Waals surface area contributed by atoms with Gasteiger partial charge in [0.25, 0.3) is 11.7 Å². The molecule has 1 N–H and O–H groups in total. The summed E-state index contributed by atoms with van der Waals surface area (Å²) in [5.74, 6) is -1.50. The molecule has 1 aromatic heterocycles. The predicted molar refractivity (Wildman–Crippen MR) is 137 cm³/mol. The maximum absolute atomic E-state index is 13.5. The Morgan fingerprint density at radius 3 is 2.46 bits per heavy atom. The molecule has 0 spiro atoms. The second kappa shape index (κ2) is 9.19. The first-order chi connectivity index (χ1) is 16.5. The van der Waals surface area contributed by atoms with E-state index in [4.69, 9.17) is 16.3 Å². The van der Waals surface area contributed by atoms with Gasteiger partial charge in [0.1, 0.15) is 17.6 Å². The van der Waals surface area contributed by atoms with Crippen LogP contribution in [0.3, 0.4) is 0 Å². The predicted octanol–water partition coefficient (Wildman–Crippen LogP) is 5.98. The molecule has 1 atom stereocenters. The molecule has 0 radical (unpaired) electrons. The van der Waals surface area contributed by atoms with Crippen molar-refractivity contribution in [2.24, 2.45) is 0 Å². The molecule has 1 fully saturated rings. The van der Waals surface area contributed by atoms with Crippen LogP contribution in [0, 0.1) is 6.92 Å². The van der Waals surface area contributed by atoms with E-state index in [0.29, 0.717) is 27.7 Å². The molecule has 1 amide bonds. The summed E-state index contributed by atoms with van der Waals surface area (Å²) in [6, 6.07) is 14.9. The topological polar surface area (TPSA) is 79.7 Å². The van der Waals surface area contributed by atoms with Gasteiger partial charge in [0, 0.05) is 16.9 Å². The third-order valence-electron chi connectivity index (χ3n) is 6.16. The van der Waals surface area contributed by atoms with E-state index in [1.165, 1.54) is 12.0 Å². The molecule has 0 bridgehead atoms. The number of ether oxygens (including phenoxy) is 1. The Morgan fingerprint density at radius 1 is 1.09 bits per heavy atom. The summed E-state index contributed by atoms with van der Waals surface area (Å²) in [5, 5.41) is 12.0. The van der Waals surface area contributed by atoms with E-state index in [2.05, 4.69) is 4.98 Å². The van der Waals surface area contributed by atoms with Gasteiger partial charge in [-0.3, -0.25) is 19.5 Å². The molecule has 35 heavy (non-hydrogen) atoms. The van der Waals surface area contributed by atoms with Gasteiger partial charge in [-0.05, 0) is 59.9 Å². The number of Topliss-reactive ketones (excluding diaryl/α,β-unsaturated/α-hetero) is 1. The maximum atomic E-state index is 13.5. The fraction of sp³-hybridized carbons (Fsp3) is 0.250. The number of aliphatic hydroxyl groups excluding tert-OH is 1. The zero-order valence-electron chi connectivity index (χ0n) is 20.3. The molecular weight excluding hydrogens is 464 g/mol. The summed E-state index contributed by atoms with van der Waals surface area (Å²) in [6.07, 6.45) is 1.58. The van der Waals surface area contributed by atoms with E-state index >= 15 is 0 Å². The van der Waals surface area contributed by atoms with E-state index in [1.54, 1.807) is 54.7 Å². The average molecular weight is 491 g/mol. The fourth-order valence-corrected chi connectivity index (χ4v) is 4.41. The first-order valence-corrected chi connectivity index (χ1v) is 11.6. The van der Waals surface area contributed by atoms with Crippen LogP contribution in [0.4, 0.5) is 5.69 Å². The van der Waals surface area contributed by atoms with Crippen LogP contribution in [0.25, 0.3) is 5.76 Å². The summed E-state index contributed by atoms with van der Waals surface area (Å²) in [7, 11) is 1.49. The first kappa shape index (κ1) is 24.5. The lowest BCUT2D eigenvalue weighted by molar-refractivity contribution is -0.132. The van der Waals surface area contributed by atoms with Crippen molar-refractivity contribution >= 4 is 34.7 Å². The van der Waals surface area contributed by atoms with E-state index in [-0.39, 0.29) is 16.7 Å². The van der Waals surface area contributed by atoms with Gasteiger partial charge in [0.05, 0.1) is 23.9 Å². The summed E-state index contributed by atoms with van der Waals surface area (Å²) in [6.45, 7) is 7.98. The number of hydrogen-bond acceptors (Lipinski definition) is 5. The van der Waals surface area contributed by atoms with Crippen LogP contribution in [0.2, 0.25) is 5.02 Å². The lowest BCUT2D eigenvalue weighted by atomic mass is 9.85. The Kier molecular flexibility index (Phi) is 6.43. The summed E-state index contributed by atoms with van der Waals surface area (Å²) in [4.78, 5) is 32.6. The number of aliphatic hydroxyl groups is 1. The quantitative estimate of drug-likeness (QED) is 0.276. The van der Waals surface area contributed by atoms with Crippen molar-refractivity contribution < 1.29 is 19.4 Å². The summed E-state index contributed by atoms with van der Waals surface area (Å²) in [5.41, 5.74) is 2.67. The lowest BCUT2D eigenvalue weighted by Gasteiger charge is -2.26. The molecule has 180 valence electrons. The third-order valence-corrected chi connectivity index (χ3v) is 6.40. The summed E-state index contributed by atoms with van der Waals surface area (Å²) >= 11 is 6.25. The number of halogens is 1. The third kappa shape index (κ3) is 4.42. The molecule has 4 rings (SSSR count). The van der Waals surface area contributed by atoms with Crippen LogP contribution in [0.15, 0.2) is 66.4 Å². The number of hydrogen-bond donors (Lipinski definition) is 1. The number of anilines is 1. The van der Waals surface area contributed by atoms with Gasteiger partial charge in [-0.25, -0.2) is 0 Å². The highest BCUT2D eigenvalue weighted by atomic mass is 35.5. The molecule has 2 heterocycles.